The molecule has 1 saturated heterocycles. The Morgan fingerprint density at radius 1 is 1.35 bits per heavy atom. The van der Waals surface area contributed by atoms with Crippen LogP contribution in [0.15, 0.2) is 0 Å². The van der Waals surface area contributed by atoms with Gasteiger partial charge in [0.15, 0.2) is 0 Å². The van der Waals surface area contributed by atoms with Gasteiger partial charge in [0.2, 0.25) is 0 Å². The minimum Gasteiger partial charge on any atom is -0.450 e. The van der Waals surface area contributed by atoms with E-state index in [0.29, 0.717) is 24.7 Å². The first kappa shape index (κ1) is 12.6. The molecule has 5 nitrogen and oxygen atoms in total. The average molecular weight is 241 g/mol. The van der Waals surface area contributed by atoms with E-state index >= 15 is 0 Å². The number of amides is 1. The van der Waals surface area contributed by atoms with Gasteiger partial charge in [-0.2, -0.15) is 0 Å². The average Bonchev–Trinajstić information content (AvgIpc) is 2.28. The van der Waals surface area contributed by atoms with E-state index in [1.807, 2.05) is 6.92 Å². The number of hydrogen-bond donors (Lipinski definition) is 2. The number of likely N-dealkylation sites (tertiary alicyclic amines) is 1. The van der Waals surface area contributed by atoms with Crippen molar-refractivity contribution in [3.8, 4) is 0 Å². The Morgan fingerprint density at radius 2 is 2.00 bits per heavy atom. The predicted octanol–water partition coefficient (Wildman–Crippen LogP) is 0.687. The quantitative estimate of drug-likeness (QED) is 0.762. The van der Waals surface area contributed by atoms with Gasteiger partial charge in [0.25, 0.3) is 0 Å². The molecule has 2 rings (SSSR count). The number of nitrogens with two attached hydrogens (primary N) is 1. The van der Waals surface area contributed by atoms with Crippen LogP contribution in [0.5, 0.6) is 0 Å². The van der Waals surface area contributed by atoms with E-state index < -0.39 is 0 Å². The van der Waals surface area contributed by atoms with Crippen LogP contribution in [0.25, 0.3) is 0 Å². The summed E-state index contributed by atoms with van der Waals surface area (Å²) in [5, 5.41) is 3.62. The fourth-order valence-corrected chi connectivity index (χ4v) is 2.57. The highest BCUT2D eigenvalue weighted by atomic mass is 16.6. The van der Waals surface area contributed by atoms with E-state index in [0.717, 1.165) is 38.8 Å². The molecule has 0 aromatic rings. The molecule has 0 unspecified atom stereocenters. The second kappa shape index (κ2) is 5.69. The second-order valence-corrected chi connectivity index (χ2v) is 5.06. The molecule has 0 atom stereocenters. The van der Waals surface area contributed by atoms with E-state index in [4.69, 9.17) is 10.5 Å². The van der Waals surface area contributed by atoms with Crippen LogP contribution in [0.3, 0.4) is 0 Å². The van der Waals surface area contributed by atoms with E-state index in [-0.39, 0.29) is 6.09 Å². The van der Waals surface area contributed by atoms with Crippen LogP contribution in [0.1, 0.15) is 32.6 Å². The summed E-state index contributed by atoms with van der Waals surface area (Å²) in [6, 6.07) is 1.54. The molecule has 0 aromatic carbocycles. The number of carbonyl (C=O) groups is 1. The maximum Gasteiger partial charge on any atom is 0.409 e. The van der Waals surface area contributed by atoms with Crippen LogP contribution in [0.4, 0.5) is 4.79 Å². The third kappa shape index (κ3) is 3.33. The molecule has 17 heavy (non-hydrogen) atoms. The number of piperidine rings is 1. The molecule has 2 aliphatic rings. The summed E-state index contributed by atoms with van der Waals surface area (Å²) in [6.07, 6.45) is 4.06. The summed E-state index contributed by atoms with van der Waals surface area (Å²) in [5.41, 5.74) is 5.76. The minimum atomic E-state index is -0.170. The van der Waals surface area contributed by atoms with Crippen LogP contribution in [-0.2, 0) is 4.74 Å². The van der Waals surface area contributed by atoms with Crippen LogP contribution >= 0.6 is 0 Å². The summed E-state index contributed by atoms with van der Waals surface area (Å²) in [5.74, 6) is 0. The Labute approximate surface area is 103 Å². The largest absolute Gasteiger partial charge is 0.450 e. The molecule has 5 heteroatoms. The molecule has 1 heterocycles. The summed E-state index contributed by atoms with van der Waals surface area (Å²) >= 11 is 0. The zero-order valence-electron chi connectivity index (χ0n) is 10.5. The number of rotatable bonds is 3. The molecule has 0 radical (unpaired) electrons. The standard InChI is InChI=1S/C12H23N3O2/c1-2-17-12(16)15-5-3-10(4-6-15)14-11-7-9(13)8-11/h9-11,14H,2-8,13H2,1H3. The van der Waals surface area contributed by atoms with Crippen molar-refractivity contribution in [3.63, 3.8) is 0 Å². The van der Waals surface area contributed by atoms with Gasteiger partial charge in [-0.25, -0.2) is 4.79 Å². The summed E-state index contributed by atoms with van der Waals surface area (Å²) < 4.78 is 4.99. The molecule has 1 amide bonds. The smallest absolute Gasteiger partial charge is 0.409 e. The fraction of sp³-hybridized carbons (Fsp3) is 0.917. The lowest BCUT2D eigenvalue weighted by molar-refractivity contribution is 0.0924. The molecule has 98 valence electrons. The number of nitrogens with zero attached hydrogens (tertiary/aromatic N) is 1. The Hall–Kier alpha value is -0.810. The summed E-state index contributed by atoms with van der Waals surface area (Å²) in [7, 11) is 0. The van der Waals surface area contributed by atoms with Crippen LogP contribution in [-0.4, -0.2) is 48.8 Å². The number of ether oxygens (including phenoxy) is 1. The SMILES string of the molecule is CCOC(=O)N1CCC(NC2CC(N)C2)CC1. The molecular formula is C12H23N3O2. The zero-order valence-corrected chi connectivity index (χ0v) is 10.5. The van der Waals surface area contributed by atoms with Crippen molar-refractivity contribution in [1.82, 2.24) is 10.2 Å². The maximum atomic E-state index is 11.5. The fourth-order valence-electron chi connectivity index (χ4n) is 2.57. The topological polar surface area (TPSA) is 67.6 Å². The first-order chi connectivity index (χ1) is 8.19. The van der Waals surface area contributed by atoms with E-state index in [9.17, 15) is 4.79 Å². The third-order valence-electron chi connectivity index (χ3n) is 3.67. The number of carbonyl (C=O) groups excluding carboxylic acids is 1. The van der Waals surface area contributed by atoms with Crippen molar-refractivity contribution in [2.75, 3.05) is 19.7 Å². The van der Waals surface area contributed by atoms with Crippen molar-refractivity contribution < 1.29 is 9.53 Å². The van der Waals surface area contributed by atoms with E-state index in [2.05, 4.69) is 5.32 Å². The Balaban J connectivity index is 1.65. The highest BCUT2D eigenvalue weighted by molar-refractivity contribution is 5.67. The number of hydrogen-bond acceptors (Lipinski definition) is 4. The lowest BCUT2D eigenvalue weighted by atomic mass is 9.86. The first-order valence-corrected chi connectivity index (χ1v) is 6.62. The molecule has 0 spiro atoms. The molecule has 2 fully saturated rings. The number of nitrogens with one attached hydrogen (secondary N) is 1. The van der Waals surface area contributed by atoms with Gasteiger partial charge in [0, 0.05) is 31.2 Å². The van der Waals surface area contributed by atoms with Gasteiger partial charge >= 0.3 is 6.09 Å². The Bertz CT molecular complexity index is 258. The van der Waals surface area contributed by atoms with Gasteiger partial charge in [-0.1, -0.05) is 0 Å². The monoisotopic (exact) mass is 241 g/mol. The van der Waals surface area contributed by atoms with Crippen molar-refractivity contribution in [2.24, 2.45) is 5.73 Å². The Kier molecular flexibility index (Phi) is 4.23. The summed E-state index contributed by atoms with van der Waals surface area (Å²) in [4.78, 5) is 13.3. The van der Waals surface area contributed by atoms with Crippen LogP contribution in [0, 0.1) is 0 Å². The van der Waals surface area contributed by atoms with Crippen LogP contribution in [0.2, 0.25) is 0 Å². The van der Waals surface area contributed by atoms with Gasteiger partial charge in [-0.05, 0) is 32.6 Å². The molecule has 1 aliphatic carbocycles. The molecule has 0 aromatic heterocycles. The van der Waals surface area contributed by atoms with Gasteiger partial charge in [0.05, 0.1) is 6.61 Å². The van der Waals surface area contributed by atoms with Gasteiger partial charge in [-0.3, -0.25) is 0 Å². The highest BCUT2D eigenvalue weighted by Crippen LogP contribution is 2.20. The molecular weight excluding hydrogens is 218 g/mol. The van der Waals surface area contributed by atoms with Crippen molar-refractivity contribution in [1.29, 1.82) is 0 Å². The van der Waals surface area contributed by atoms with Gasteiger partial charge < -0.3 is 20.7 Å². The predicted molar refractivity (Wildman–Crippen MR) is 65.8 cm³/mol. The zero-order chi connectivity index (χ0) is 12.3. The molecule has 0 bridgehead atoms. The lowest BCUT2D eigenvalue weighted by Gasteiger charge is -2.39. The summed E-state index contributed by atoms with van der Waals surface area (Å²) in [6.45, 7) is 3.90. The molecule has 1 saturated carbocycles. The van der Waals surface area contributed by atoms with Crippen molar-refractivity contribution >= 4 is 6.09 Å². The maximum absolute atomic E-state index is 11.5. The second-order valence-electron chi connectivity index (χ2n) is 5.06. The normalized spacial score (nSPS) is 29.9. The third-order valence-corrected chi connectivity index (χ3v) is 3.67. The lowest BCUT2D eigenvalue weighted by Crippen LogP contribution is -2.54. The van der Waals surface area contributed by atoms with Crippen molar-refractivity contribution in [3.05, 3.63) is 0 Å². The van der Waals surface area contributed by atoms with Crippen molar-refractivity contribution in [2.45, 2.75) is 50.7 Å². The minimum absolute atomic E-state index is 0.170. The van der Waals surface area contributed by atoms with Gasteiger partial charge in [-0.15, -0.1) is 0 Å². The molecule has 3 N–H and O–H groups in total. The van der Waals surface area contributed by atoms with E-state index in [1.165, 1.54) is 0 Å². The van der Waals surface area contributed by atoms with Gasteiger partial charge in [0.1, 0.15) is 0 Å². The molecule has 1 aliphatic heterocycles. The Morgan fingerprint density at radius 3 is 2.53 bits per heavy atom. The highest BCUT2D eigenvalue weighted by Gasteiger charge is 2.30. The first-order valence-electron chi connectivity index (χ1n) is 6.62. The van der Waals surface area contributed by atoms with E-state index in [1.54, 1.807) is 4.90 Å². The van der Waals surface area contributed by atoms with Crippen LogP contribution < -0.4 is 11.1 Å².